The number of nitrogens with one attached hydrogen (secondary N) is 1. The molecule has 0 aromatic rings. The van der Waals surface area contributed by atoms with Crippen molar-refractivity contribution in [2.45, 2.75) is 411 Å². The number of aliphatic hydroxyl groups excluding tert-OH is 2. The number of aliphatic hydroxyl groups is 2. The van der Waals surface area contributed by atoms with E-state index in [9.17, 15) is 19.8 Å². The fourth-order valence-corrected chi connectivity index (χ4v) is 11.2. The largest absolute Gasteiger partial charge is 0.466 e. The predicted octanol–water partition coefficient (Wildman–Crippen LogP) is 22.4. The van der Waals surface area contributed by atoms with Gasteiger partial charge < -0.3 is 20.3 Å². The van der Waals surface area contributed by atoms with Gasteiger partial charge in [0, 0.05) is 12.8 Å². The number of hydrogen-bond acceptors (Lipinski definition) is 5. The summed E-state index contributed by atoms with van der Waals surface area (Å²) in [5.74, 6) is -0.0152. The smallest absolute Gasteiger partial charge is 0.305 e. The van der Waals surface area contributed by atoms with Crippen LogP contribution in [0.1, 0.15) is 399 Å². The van der Waals surface area contributed by atoms with Gasteiger partial charge in [-0.15, -0.1) is 0 Å². The zero-order valence-electron chi connectivity index (χ0n) is 51.8. The van der Waals surface area contributed by atoms with E-state index in [1.807, 2.05) is 0 Å². The molecule has 0 aromatic heterocycles. The summed E-state index contributed by atoms with van der Waals surface area (Å²) in [4.78, 5) is 24.5. The first-order valence-corrected chi connectivity index (χ1v) is 34.9. The molecule has 2 unspecified atom stereocenters. The molecule has 0 bridgehead atoms. The maximum Gasteiger partial charge on any atom is 0.305 e. The first-order valence-electron chi connectivity index (χ1n) is 34.9. The SMILES string of the molecule is CCCC/C=C\CCCCCCCC(=O)OCCCCCCCCCCCCCCCCCCCCCCCCCCCCCCCCCCCCCC(=O)NC(CO)C(O)CCCCCCCCCCCCCCC. The van der Waals surface area contributed by atoms with E-state index in [1.54, 1.807) is 0 Å². The summed E-state index contributed by atoms with van der Waals surface area (Å²) < 4.78 is 5.47. The Morgan fingerprint density at radius 2 is 0.632 bits per heavy atom. The summed E-state index contributed by atoms with van der Waals surface area (Å²) in [7, 11) is 0. The fourth-order valence-electron chi connectivity index (χ4n) is 11.2. The van der Waals surface area contributed by atoms with Crippen LogP contribution in [0.4, 0.5) is 0 Å². The third kappa shape index (κ3) is 61.8. The number of carbonyl (C=O) groups excluding carboxylic acids is 2. The third-order valence-corrected chi connectivity index (χ3v) is 16.6. The Morgan fingerprint density at radius 1 is 0.355 bits per heavy atom. The molecular formula is C70H137NO5. The molecule has 6 heteroatoms. The maximum atomic E-state index is 12.5. The molecule has 0 aliphatic heterocycles. The van der Waals surface area contributed by atoms with Gasteiger partial charge in [-0.3, -0.25) is 9.59 Å². The highest BCUT2D eigenvalue weighted by Crippen LogP contribution is 2.19. The molecule has 1 amide bonds. The van der Waals surface area contributed by atoms with Crippen LogP contribution in [0.15, 0.2) is 12.2 Å². The van der Waals surface area contributed by atoms with E-state index in [-0.39, 0.29) is 18.5 Å². The molecule has 6 nitrogen and oxygen atoms in total. The van der Waals surface area contributed by atoms with Crippen molar-refractivity contribution in [3.8, 4) is 0 Å². The molecule has 0 radical (unpaired) electrons. The maximum absolute atomic E-state index is 12.5. The molecule has 0 aliphatic rings. The van der Waals surface area contributed by atoms with E-state index >= 15 is 0 Å². The van der Waals surface area contributed by atoms with Crippen molar-refractivity contribution in [1.29, 1.82) is 0 Å². The number of ether oxygens (including phenoxy) is 1. The Labute approximate surface area is 476 Å². The van der Waals surface area contributed by atoms with Crippen LogP contribution in [-0.4, -0.2) is 47.4 Å². The second-order valence-corrected chi connectivity index (χ2v) is 24.2. The second kappa shape index (κ2) is 66.1. The van der Waals surface area contributed by atoms with Gasteiger partial charge >= 0.3 is 5.97 Å². The highest BCUT2D eigenvalue weighted by Gasteiger charge is 2.20. The molecular weight excluding hydrogens is 935 g/mol. The van der Waals surface area contributed by atoms with E-state index in [1.165, 1.54) is 321 Å². The fraction of sp³-hybridized carbons (Fsp3) is 0.943. The highest BCUT2D eigenvalue weighted by atomic mass is 16.5. The lowest BCUT2D eigenvalue weighted by atomic mass is 10.0. The van der Waals surface area contributed by atoms with Crippen LogP contribution in [-0.2, 0) is 14.3 Å². The van der Waals surface area contributed by atoms with E-state index in [2.05, 4.69) is 31.3 Å². The van der Waals surface area contributed by atoms with Crippen LogP contribution < -0.4 is 5.32 Å². The van der Waals surface area contributed by atoms with E-state index in [4.69, 9.17) is 4.74 Å². The van der Waals surface area contributed by atoms with Crippen molar-refractivity contribution >= 4 is 11.9 Å². The number of allylic oxidation sites excluding steroid dienone is 2. The lowest BCUT2D eigenvalue weighted by Gasteiger charge is -2.22. The number of amides is 1. The van der Waals surface area contributed by atoms with E-state index in [0.29, 0.717) is 25.9 Å². The summed E-state index contributed by atoms with van der Waals surface area (Å²) in [6, 6.07) is -0.535. The van der Waals surface area contributed by atoms with Gasteiger partial charge in [0.1, 0.15) is 0 Å². The van der Waals surface area contributed by atoms with E-state index < -0.39 is 12.1 Å². The monoisotopic (exact) mass is 1070 g/mol. The molecule has 0 fully saturated rings. The standard InChI is InChI=1S/C70H137NO5/c1-3-5-7-9-11-13-15-39-43-46-50-54-58-62-68(73)67(66-72)71-69(74)63-59-55-51-47-44-40-37-35-33-31-29-27-25-23-21-19-17-16-18-20-22-24-26-28-30-32-34-36-38-41-45-49-53-57-61-65-76-70(75)64-60-56-52-48-42-14-12-10-8-6-4-2/h10,12,67-68,72-73H,3-9,11,13-66H2,1-2H3,(H,71,74)/b12-10-. The Balaban J connectivity index is 3.29. The normalized spacial score (nSPS) is 12.5. The van der Waals surface area contributed by atoms with Gasteiger partial charge in [0.05, 0.1) is 25.4 Å². The molecule has 3 N–H and O–H groups in total. The van der Waals surface area contributed by atoms with Gasteiger partial charge in [0.15, 0.2) is 0 Å². The van der Waals surface area contributed by atoms with Crippen molar-refractivity contribution in [3.63, 3.8) is 0 Å². The van der Waals surface area contributed by atoms with Gasteiger partial charge in [0.25, 0.3) is 0 Å². The molecule has 0 aliphatic carbocycles. The van der Waals surface area contributed by atoms with Crippen LogP contribution in [0.2, 0.25) is 0 Å². The minimum atomic E-state index is -0.659. The van der Waals surface area contributed by atoms with Gasteiger partial charge in [-0.25, -0.2) is 0 Å². The van der Waals surface area contributed by atoms with Crippen molar-refractivity contribution in [2.75, 3.05) is 13.2 Å². The number of carbonyl (C=O) groups is 2. The average molecular weight is 1070 g/mol. The molecule has 0 saturated carbocycles. The average Bonchev–Trinajstić information content (AvgIpc) is 3.42. The van der Waals surface area contributed by atoms with Gasteiger partial charge in [0.2, 0.25) is 5.91 Å². The van der Waals surface area contributed by atoms with Crippen LogP contribution in [0.3, 0.4) is 0 Å². The zero-order valence-corrected chi connectivity index (χ0v) is 51.8. The van der Waals surface area contributed by atoms with Crippen molar-refractivity contribution < 1.29 is 24.5 Å². The minimum absolute atomic E-state index is 0.0120. The molecule has 0 heterocycles. The second-order valence-electron chi connectivity index (χ2n) is 24.2. The summed E-state index contributed by atoms with van der Waals surface area (Å²) in [5.41, 5.74) is 0. The predicted molar refractivity (Wildman–Crippen MR) is 333 cm³/mol. The van der Waals surface area contributed by atoms with E-state index in [0.717, 1.165) is 44.9 Å². The van der Waals surface area contributed by atoms with Crippen LogP contribution in [0, 0.1) is 0 Å². The summed E-state index contributed by atoms with van der Waals surface area (Å²) in [6.07, 6.45) is 81.4. The Kier molecular flexibility index (Phi) is 64.9. The van der Waals surface area contributed by atoms with Crippen LogP contribution in [0.25, 0.3) is 0 Å². The van der Waals surface area contributed by atoms with Crippen molar-refractivity contribution in [3.05, 3.63) is 12.2 Å². The molecule has 0 spiro atoms. The van der Waals surface area contributed by atoms with Gasteiger partial charge in [-0.1, -0.05) is 353 Å². The van der Waals surface area contributed by atoms with Crippen LogP contribution >= 0.6 is 0 Å². The molecule has 0 aromatic carbocycles. The molecule has 76 heavy (non-hydrogen) atoms. The van der Waals surface area contributed by atoms with Crippen molar-refractivity contribution in [1.82, 2.24) is 5.32 Å². The van der Waals surface area contributed by atoms with Crippen molar-refractivity contribution in [2.24, 2.45) is 0 Å². The first-order chi connectivity index (χ1) is 37.5. The number of esters is 1. The third-order valence-electron chi connectivity index (χ3n) is 16.6. The lowest BCUT2D eigenvalue weighted by molar-refractivity contribution is -0.143. The minimum Gasteiger partial charge on any atom is -0.466 e. The lowest BCUT2D eigenvalue weighted by Crippen LogP contribution is -2.45. The highest BCUT2D eigenvalue weighted by molar-refractivity contribution is 5.76. The van der Waals surface area contributed by atoms with Gasteiger partial charge in [-0.05, 0) is 44.9 Å². The Morgan fingerprint density at radius 3 is 0.974 bits per heavy atom. The first kappa shape index (κ1) is 74.6. The topological polar surface area (TPSA) is 95.9 Å². The Bertz CT molecular complexity index is 1140. The van der Waals surface area contributed by atoms with Crippen LogP contribution in [0.5, 0.6) is 0 Å². The number of hydrogen-bond donors (Lipinski definition) is 3. The molecule has 2 atom stereocenters. The molecule has 0 rings (SSSR count). The summed E-state index contributed by atoms with van der Waals surface area (Å²) in [6.45, 7) is 4.95. The molecule has 452 valence electrons. The molecule has 0 saturated heterocycles. The number of unbranched alkanes of at least 4 members (excludes halogenated alkanes) is 53. The zero-order chi connectivity index (χ0) is 55.0. The Hall–Kier alpha value is -1.40. The van der Waals surface area contributed by atoms with Gasteiger partial charge in [-0.2, -0.15) is 0 Å². The summed E-state index contributed by atoms with van der Waals surface area (Å²) >= 11 is 0. The number of rotatable bonds is 66. The summed E-state index contributed by atoms with van der Waals surface area (Å²) in [5, 5.41) is 23.3. The quantitative estimate of drug-likeness (QED) is 0.0320.